The molecular formula is C16H24N4O2. The summed E-state index contributed by atoms with van der Waals surface area (Å²) in [6.45, 7) is 0. The van der Waals surface area contributed by atoms with Crippen molar-refractivity contribution >= 4 is 12.1 Å². The maximum atomic E-state index is 10.8. The second kappa shape index (κ2) is 7.26. The van der Waals surface area contributed by atoms with Crippen LogP contribution in [0.15, 0.2) is 35.3 Å². The van der Waals surface area contributed by atoms with Crippen LogP contribution in [0.2, 0.25) is 0 Å². The zero-order valence-corrected chi connectivity index (χ0v) is 13.1. The molecule has 0 aromatic rings. The molecular weight excluding hydrogens is 280 g/mol. The number of carbonyl (C=O) groups is 1. The molecule has 1 fully saturated rings. The number of allylic oxidation sites excluding steroid dienone is 3. The summed E-state index contributed by atoms with van der Waals surface area (Å²) in [5, 5.41) is 23.7. The Labute approximate surface area is 131 Å². The Kier molecular flexibility index (Phi) is 5.38. The number of hydrogen-bond acceptors (Lipinski definition) is 5. The van der Waals surface area contributed by atoms with Crippen molar-refractivity contribution in [2.75, 3.05) is 14.1 Å². The van der Waals surface area contributed by atoms with Gasteiger partial charge in [0.1, 0.15) is 0 Å². The zero-order chi connectivity index (χ0) is 16.1. The Hall–Kier alpha value is -2.08. The van der Waals surface area contributed by atoms with Crippen molar-refractivity contribution in [3.63, 3.8) is 0 Å². The number of likely N-dealkylation sites (N-methyl/N-ethyl adjacent to an activating group) is 1. The van der Waals surface area contributed by atoms with Gasteiger partial charge in [-0.05, 0) is 37.8 Å². The van der Waals surface area contributed by atoms with E-state index in [0.717, 1.165) is 37.0 Å². The van der Waals surface area contributed by atoms with Gasteiger partial charge in [-0.25, -0.2) is 0 Å². The van der Waals surface area contributed by atoms with Gasteiger partial charge in [0.15, 0.2) is 0 Å². The van der Waals surface area contributed by atoms with Crippen molar-refractivity contribution in [2.45, 2.75) is 37.8 Å². The first kappa shape index (κ1) is 16.3. The van der Waals surface area contributed by atoms with Crippen LogP contribution in [-0.4, -0.2) is 48.4 Å². The number of rotatable bonds is 5. The molecule has 0 spiro atoms. The summed E-state index contributed by atoms with van der Waals surface area (Å²) >= 11 is 0. The minimum atomic E-state index is -0.174. The minimum absolute atomic E-state index is 0.174. The fourth-order valence-electron chi connectivity index (χ4n) is 2.72. The molecule has 22 heavy (non-hydrogen) atoms. The van der Waals surface area contributed by atoms with Gasteiger partial charge in [-0.15, -0.1) is 0 Å². The van der Waals surface area contributed by atoms with Crippen LogP contribution in [0.1, 0.15) is 25.7 Å². The third-order valence-corrected chi connectivity index (χ3v) is 4.04. The zero-order valence-electron chi connectivity index (χ0n) is 13.1. The van der Waals surface area contributed by atoms with Gasteiger partial charge >= 0.3 is 0 Å². The quantitative estimate of drug-likeness (QED) is 0.568. The lowest BCUT2D eigenvalue weighted by molar-refractivity contribution is -0.108. The molecule has 0 radical (unpaired) electrons. The van der Waals surface area contributed by atoms with Gasteiger partial charge in [0.25, 0.3) is 0 Å². The summed E-state index contributed by atoms with van der Waals surface area (Å²) in [6, 6.07) is 0.332. The maximum Gasteiger partial charge on any atom is 0.211 e. The molecule has 2 aliphatic carbocycles. The Morgan fingerprint density at radius 2 is 1.95 bits per heavy atom. The summed E-state index contributed by atoms with van der Waals surface area (Å²) in [5.41, 5.74) is 2.63. The molecule has 2 aliphatic rings. The number of nitrogens with one attached hydrogen (secondary N) is 3. The highest BCUT2D eigenvalue weighted by Crippen LogP contribution is 2.21. The molecule has 0 aromatic heterocycles. The molecule has 6 heteroatoms. The molecule has 0 unspecified atom stereocenters. The number of hydrogen-bond donors (Lipinski definition) is 4. The molecule has 0 atom stereocenters. The van der Waals surface area contributed by atoms with Gasteiger partial charge in [0.05, 0.1) is 23.2 Å². The number of aliphatic hydroxyl groups is 1. The third-order valence-electron chi connectivity index (χ3n) is 4.04. The normalized spacial score (nSPS) is 27.0. The largest absolute Gasteiger partial charge is 0.393 e. The van der Waals surface area contributed by atoms with E-state index in [-0.39, 0.29) is 6.10 Å². The molecule has 0 saturated heterocycles. The standard InChI is InChI=1S/C16H24N4O2/c1-20(2)16-8-14(17)11(7-15(16)19-10-21)9-18-12-3-5-13(22)6-4-12/h7-10,12-13,17-18,22H,3-6H2,1-2H3,(H,19,21)/b11-9-,17-14?. The van der Waals surface area contributed by atoms with Gasteiger partial charge in [0.2, 0.25) is 6.41 Å². The summed E-state index contributed by atoms with van der Waals surface area (Å²) in [7, 11) is 3.75. The van der Waals surface area contributed by atoms with Gasteiger partial charge in [-0.1, -0.05) is 0 Å². The Balaban J connectivity index is 2.08. The first-order chi connectivity index (χ1) is 10.5. The van der Waals surface area contributed by atoms with Crippen LogP contribution in [0, 0.1) is 5.41 Å². The Morgan fingerprint density at radius 3 is 2.55 bits per heavy atom. The van der Waals surface area contributed by atoms with E-state index in [2.05, 4.69) is 10.6 Å². The van der Waals surface area contributed by atoms with Crippen molar-refractivity contribution in [3.8, 4) is 0 Å². The number of aliphatic hydroxyl groups excluding tert-OH is 1. The highest BCUT2D eigenvalue weighted by molar-refractivity contribution is 6.10. The van der Waals surface area contributed by atoms with Crippen LogP contribution < -0.4 is 10.6 Å². The topological polar surface area (TPSA) is 88.5 Å². The lowest BCUT2D eigenvalue weighted by Gasteiger charge is -2.27. The molecule has 4 N–H and O–H groups in total. The second-order valence-electron chi connectivity index (χ2n) is 5.93. The van der Waals surface area contributed by atoms with E-state index >= 15 is 0 Å². The first-order valence-corrected chi connectivity index (χ1v) is 7.55. The molecule has 0 aliphatic heterocycles. The number of carbonyl (C=O) groups excluding carboxylic acids is 1. The first-order valence-electron chi connectivity index (χ1n) is 7.55. The molecule has 2 rings (SSSR count). The molecule has 1 amide bonds. The van der Waals surface area contributed by atoms with Crippen LogP contribution in [0.5, 0.6) is 0 Å². The van der Waals surface area contributed by atoms with Gasteiger partial charge in [-0.3, -0.25) is 4.79 Å². The average molecular weight is 304 g/mol. The summed E-state index contributed by atoms with van der Waals surface area (Å²) in [6.07, 6.45) is 9.34. The average Bonchev–Trinajstić information content (AvgIpc) is 2.49. The lowest BCUT2D eigenvalue weighted by Crippen LogP contribution is -2.32. The van der Waals surface area contributed by atoms with E-state index in [9.17, 15) is 9.90 Å². The number of amides is 1. The van der Waals surface area contributed by atoms with E-state index < -0.39 is 0 Å². The molecule has 0 heterocycles. The van der Waals surface area contributed by atoms with Crippen molar-refractivity contribution in [2.24, 2.45) is 0 Å². The van der Waals surface area contributed by atoms with E-state index in [1.165, 1.54) is 0 Å². The molecule has 120 valence electrons. The predicted molar refractivity (Wildman–Crippen MR) is 86.3 cm³/mol. The highest BCUT2D eigenvalue weighted by Gasteiger charge is 2.20. The molecule has 6 nitrogen and oxygen atoms in total. The predicted octanol–water partition coefficient (Wildman–Crippen LogP) is 0.872. The van der Waals surface area contributed by atoms with E-state index in [4.69, 9.17) is 5.41 Å². The van der Waals surface area contributed by atoms with Crippen LogP contribution in [0.25, 0.3) is 0 Å². The smallest absolute Gasteiger partial charge is 0.211 e. The Bertz CT molecular complexity index is 526. The van der Waals surface area contributed by atoms with Crippen molar-refractivity contribution in [3.05, 3.63) is 35.3 Å². The monoisotopic (exact) mass is 304 g/mol. The van der Waals surface area contributed by atoms with Crippen LogP contribution in [0.3, 0.4) is 0 Å². The van der Waals surface area contributed by atoms with E-state index in [1.54, 1.807) is 12.2 Å². The second-order valence-corrected chi connectivity index (χ2v) is 5.93. The van der Waals surface area contributed by atoms with Crippen molar-refractivity contribution < 1.29 is 9.90 Å². The lowest BCUT2D eigenvalue weighted by atomic mass is 9.93. The maximum absolute atomic E-state index is 10.8. The third kappa shape index (κ3) is 3.98. The summed E-state index contributed by atoms with van der Waals surface area (Å²) < 4.78 is 0. The van der Waals surface area contributed by atoms with E-state index in [0.29, 0.717) is 23.9 Å². The van der Waals surface area contributed by atoms with Crippen molar-refractivity contribution in [1.82, 2.24) is 15.5 Å². The Morgan fingerprint density at radius 1 is 1.27 bits per heavy atom. The highest BCUT2D eigenvalue weighted by atomic mass is 16.3. The van der Waals surface area contributed by atoms with Gasteiger partial charge in [-0.2, -0.15) is 0 Å². The minimum Gasteiger partial charge on any atom is -0.393 e. The fraction of sp³-hybridized carbons (Fsp3) is 0.500. The molecule has 0 aromatic carbocycles. The van der Waals surface area contributed by atoms with Crippen LogP contribution in [0.4, 0.5) is 0 Å². The molecule has 0 bridgehead atoms. The summed E-state index contributed by atoms with van der Waals surface area (Å²) in [5.74, 6) is 0. The van der Waals surface area contributed by atoms with Gasteiger partial charge < -0.3 is 26.0 Å². The van der Waals surface area contributed by atoms with Gasteiger partial charge in [0, 0.05) is 31.9 Å². The summed E-state index contributed by atoms with van der Waals surface area (Å²) in [4.78, 5) is 12.6. The van der Waals surface area contributed by atoms with Crippen LogP contribution in [-0.2, 0) is 4.79 Å². The van der Waals surface area contributed by atoms with Crippen molar-refractivity contribution in [1.29, 1.82) is 5.41 Å². The molecule has 1 saturated carbocycles. The number of nitrogens with zero attached hydrogens (tertiary/aromatic N) is 1. The van der Waals surface area contributed by atoms with E-state index in [1.807, 2.05) is 25.2 Å². The van der Waals surface area contributed by atoms with Crippen LogP contribution >= 0.6 is 0 Å². The fourth-order valence-corrected chi connectivity index (χ4v) is 2.72. The SMILES string of the molecule is CN(C)C1=CC(=N)/C(=C\NC2CCC(O)CC2)C=C1NC=O.